The molecule has 2 aromatic rings. The Hall–Kier alpha value is -3.02. The fraction of sp³-hybridized carbons (Fsp3) is 0.440. The fourth-order valence-electron chi connectivity index (χ4n) is 4.72. The van der Waals surface area contributed by atoms with Crippen molar-refractivity contribution in [1.29, 1.82) is 0 Å². The normalized spacial score (nSPS) is 19.4. The Morgan fingerprint density at radius 2 is 1.87 bits per heavy atom. The molecule has 1 spiro atoms. The maximum atomic E-state index is 11.2. The van der Waals surface area contributed by atoms with Crippen LogP contribution >= 0.6 is 0 Å². The molecule has 0 aromatic heterocycles. The molecule has 31 heavy (non-hydrogen) atoms. The van der Waals surface area contributed by atoms with E-state index >= 15 is 0 Å². The van der Waals surface area contributed by atoms with Gasteiger partial charge in [0.15, 0.2) is 5.96 Å². The topological polar surface area (TPSA) is 74.8 Å². The van der Waals surface area contributed by atoms with Crippen LogP contribution in [0.15, 0.2) is 53.5 Å². The van der Waals surface area contributed by atoms with E-state index in [0.29, 0.717) is 0 Å². The lowest BCUT2D eigenvalue weighted by Crippen LogP contribution is -2.47. The molecule has 4 rings (SSSR count). The molecule has 1 fully saturated rings. The quantitative estimate of drug-likeness (QED) is 0.501. The molecule has 6 nitrogen and oxygen atoms in total. The summed E-state index contributed by atoms with van der Waals surface area (Å²) in [4.78, 5) is 15.6. The van der Waals surface area contributed by atoms with Crippen molar-refractivity contribution in [2.45, 2.75) is 57.1 Å². The second-order valence-corrected chi connectivity index (χ2v) is 8.56. The molecule has 164 valence electrons. The Labute approximate surface area is 184 Å². The second-order valence-electron chi connectivity index (χ2n) is 8.56. The van der Waals surface area contributed by atoms with E-state index in [2.05, 4.69) is 39.1 Å². The third-order valence-corrected chi connectivity index (χ3v) is 6.23. The van der Waals surface area contributed by atoms with Crippen LogP contribution in [0.5, 0.6) is 5.75 Å². The van der Waals surface area contributed by atoms with Crippen molar-refractivity contribution in [3.8, 4) is 5.75 Å². The van der Waals surface area contributed by atoms with Crippen molar-refractivity contribution >= 4 is 17.6 Å². The second kappa shape index (κ2) is 9.41. The molecule has 1 unspecified atom stereocenters. The van der Waals surface area contributed by atoms with E-state index in [1.54, 1.807) is 0 Å². The summed E-state index contributed by atoms with van der Waals surface area (Å²) in [7, 11) is 1.81. The number of carbonyl (C=O) groups excluding carboxylic acids is 1. The van der Waals surface area contributed by atoms with Crippen molar-refractivity contribution in [2.24, 2.45) is 4.99 Å². The minimum Gasteiger partial charge on any atom is -0.487 e. The molecule has 2 aliphatic rings. The van der Waals surface area contributed by atoms with Gasteiger partial charge >= 0.3 is 0 Å². The smallest absolute Gasteiger partial charge is 0.221 e. The summed E-state index contributed by atoms with van der Waals surface area (Å²) in [6.45, 7) is 2.29. The summed E-state index contributed by atoms with van der Waals surface area (Å²) in [5.41, 5.74) is 3.19. The number of guanidine groups is 1. The van der Waals surface area contributed by atoms with Gasteiger partial charge in [-0.15, -0.1) is 0 Å². The molecule has 0 saturated heterocycles. The highest BCUT2D eigenvalue weighted by atomic mass is 16.5. The van der Waals surface area contributed by atoms with E-state index in [9.17, 15) is 4.79 Å². The molecule has 1 saturated carbocycles. The molecule has 6 heteroatoms. The molecular formula is C25H32N4O2. The Bertz CT molecular complexity index is 933. The minimum absolute atomic E-state index is 0.0411. The number of rotatable bonds is 5. The summed E-state index contributed by atoms with van der Waals surface area (Å²) >= 11 is 0. The SMILES string of the molecule is CN=C(NCCc1ccc(NC(C)=O)cc1)NC1CC2(CCCC2)Oc2ccccc21. The predicted octanol–water partition coefficient (Wildman–Crippen LogP) is 4.19. The number of nitrogens with one attached hydrogen (secondary N) is 3. The zero-order valence-electron chi connectivity index (χ0n) is 18.4. The van der Waals surface area contributed by atoms with Gasteiger partial charge in [-0.05, 0) is 55.9 Å². The molecular weight excluding hydrogens is 388 g/mol. The van der Waals surface area contributed by atoms with Crippen LogP contribution in [-0.2, 0) is 11.2 Å². The third-order valence-electron chi connectivity index (χ3n) is 6.23. The molecule has 3 N–H and O–H groups in total. The monoisotopic (exact) mass is 420 g/mol. The Morgan fingerprint density at radius 3 is 2.58 bits per heavy atom. The van der Waals surface area contributed by atoms with Crippen LogP contribution < -0.4 is 20.7 Å². The molecule has 0 bridgehead atoms. The highest BCUT2D eigenvalue weighted by Crippen LogP contribution is 2.46. The van der Waals surface area contributed by atoms with Gasteiger partial charge in [-0.2, -0.15) is 0 Å². The number of hydrogen-bond donors (Lipinski definition) is 3. The lowest BCUT2D eigenvalue weighted by atomic mass is 9.86. The number of ether oxygens (including phenoxy) is 1. The van der Waals surface area contributed by atoms with Crippen LogP contribution in [0.3, 0.4) is 0 Å². The van der Waals surface area contributed by atoms with Gasteiger partial charge in [-0.25, -0.2) is 0 Å². The van der Waals surface area contributed by atoms with E-state index in [-0.39, 0.29) is 17.6 Å². The van der Waals surface area contributed by atoms with Gasteiger partial charge in [0.2, 0.25) is 5.91 Å². The number of anilines is 1. The summed E-state index contributed by atoms with van der Waals surface area (Å²) < 4.78 is 6.47. The van der Waals surface area contributed by atoms with E-state index < -0.39 is 0 Å². The summed E-state index contributed by atoms with van der Waals surface area (Å²) in [5.74, 6) is 1.76. The van der Waals surface area contributed by atoms with E-state index in [4.69, 9.17) is 4.74 Å². The Kier molecular flexibility index (Phi) is 6.44. The summed E-state index contributed by atoms with van der Waals surface area (Å²) in [5, 5.41) is 9.89. The first-order valence-corrected chi connectivity index (χ1v) is 11.2. The first-order valence-electron chi connectivity index (χ1n) is 11.2. The number of amides is 1. The molecule has 0 radical (unpaired) electrons. The Balaban J connectivity index is 1.36. The average molecular weight is 421 g/mol. The zero-order valence-corrected chi connectivity index (χ0v) is 18.4. The number of hydrogen-bond acceptors (Lipinski definition) is 3. The van der Waals surface area contributed by atoms with Crippen LogP contribution in [0.25, 0.3) is 0 Å². The molecule has 2 aromatic carbocycles. The molecule has 1 aliphatic carbocycles. The maximum absolute atomic E-state index is 11.2. The van der Waals surface area contributed by atoms with Crippen LogP contribution in [0.4, 0.5) is 5.69 Å². The van der Waals surface area contributed by atoms with Crippen molar-refractivity contribution in [3.63, 3.8) is 0 Å². The summed E-state index contributed by atoms with van der Waals surface area (Å²) in [6.07, 6.45) is 6.57. The highest BCUT2D eigenvalue weighted by Gasteiger charge is 2.43. The van der Waals surface area contributed by atoms with Gasteiger partial charge < -0.3 is 20.7 Å². The van der Waals surface area contributed by atoms with Crippen molar-refractivity contribution < 1.29 is 9.53 Å². The predicted molar refractivity (Wildman–Crippen MR) is 125 cm³/mol. The number of nitrogens with zero attached hydrogens (tertiary/aromatic N) is 1. The largest absolute Gasteiger partial charge is 0.487 e. The van der Waals surface area contributed by atoms with Crippen molar-refractivity contribution in [2.75, 3.05) is 18.9 Å². The lowest BCUT2D eigenvalue weighted by molar-refractivity contribution is -0.114. The van der Waals surface area contributed by atoms with Gasteiger partial charge in [-0.3, -0.25) is 9.79 Å². The van der Waals surface area contributed by atoms with Gasteiger partial charge in [-0.1, -0.05) is 30.3 Å². The Morgan fingerprint density at radius 1 is 1.13 bits per heavy atom. The molecule has 1 heterocycles. The third kappa shape index (κ3) is 5.19. The molecule has 1 aliphatic heterocycles. The van der Waals surface area contributed by atoms with Crippen LogP contribution in [0, 0.1) is 0 Å². The van der Waals surface area contributed by atoms with Crippen LogP contribution in [-0.4, -0.2) is 31.1 Å². The standard InChI is InChI=1S/C25H32N4O2/c1-18(30)28-20-11-9-19(10-12-20)13-16-27-24(26-2)29-22-17-25(14-5-6-15-25)31-23-8-4-3-7-21(22)23/h3-4,7-12,22H,5-6,13-17H2,1-2H3,(H,28,30)(H2,26,27,29). The van der Waals surface area contributed by atoms with Gasteiger partial charge in [0.05, 0.1) is 6.04 Å². The van der Waals surface area contributed by atoms with E-state index in [0.717, 1.165) is 49.6 Å². The van der Waals surface area contributed by atoms with Crippen molar-refractivity contribution in [1.82, 2.24) is 10.6 Å². The number of aliphatic imine (C=N–C) groups is 1. The number of carbonyl (C=O) groups is 1. The van der Waals surface area contributed by atoms with Crippen LogP contribution in [0.2, 0.25) is 0 Å². The van der Waals surface area contributed by atoms with Gasteiger partial charge in [0.1, 0.15) is 11.4 Å². The number of fused-ring (bicyclic) bond motifs is 1. The number of para-hydroxylation sites is 1. The molecule has 1 amide bonds. The first-order chi connectivity index (χ1) is 15.1. The maximum Gasteiger partial charge on any atom is 0.221 e. The van der Waals surface area contributed by atoms with Gasteiger partial charge in [0.25, 0.3) is 0 Å². The van der Waals surface area contributed by atoms with E-state index in [1.165, 1.54) is 30.9 Å². The van der Waals surface area contributed by atoms with E-state index in [1.807, 2.05) is 37.4 Å². The average Bonchev–Trinajstić information content (AvgIpc) is 3.21. The van der Waals surface area contributed by atoms with Crippen molar-refractivity contribution in [3.05, 3.63) is 59.7 Å². The fourth-order valence-corrected chi connectivity index (χ4v) is 4.72. The lowest BCUT2D eigenvalue weighted by Gasteiger charge is -2.40. The van der Waals surface area contributed by atoms with Gasteiger partial charge in [0, 0.05) is 38.2 Å². The highest BCUT2D eigenvalue weighted by molar-refractivity contribution is 5.88. The minimum atomic E-state index is -0.0571. The molecule has 1 atom stereocenters. The first kappa shape index (κ1) is 21.2. The van der Waals surface area contributed by atoms with Crippen LogP contribution in [0.1, 0.15) is 56.2 Å². The number of benzene rings is 2. The summed E-state index contributed by atoms with van der Waals surface area (Å²) in [6, 6.07) is 16.5. The zero-order chi connectivity index (χ0) is 21.7.